The average Bonchev–Trinajstić information content (AvgIpc) is 2.62. The molecule has 3 rings (SSSR count). The van der Waals surface area contributed by atoms with Gasteiger partial charge in [0.25, 0.3) is 5.91 Å². The van der Waals surface area contributed by atoms with Crippen LogP contribution in [0, 0.1) is 6.92 Å². The highest BCUT2D eigenvalue weighted by Gasteiger charge is 2.20. The van der Waals surface area contributed by atoms with Crippen molar-refractivity contribution in [2.75, 3.05) is 36.4 Å². The number of rotatable bonds is 3. The van der Waals surface area contributed by atoms with E-state index >= 15 is 0 Å². The zero-order valence-corrected chi connectivity index (χ0v) is 14.4. The normalized spacial score (nSPS) is 14.3. The second-order valence-electron chi connectivity index (χ2n) is 6.08. The third kappa shape index (κ3) is 4.12. The van der Waals surface area contributed by atoms with Crippen LogP contribution in [0.1, 0.15) is 23.0 Å². The third-order valence-electron chi connectivity index (χ3n) is 4.20. The predicted molar refractivity (Wildman–Crippen MR) is 95.6 cm³/mol. The molecule has 130 valence electrons. The molecule has 0 radical (unpaired) electrons. The van der Waals surface area contributed by atoms with Crippen molar-refractivity contribution in [2.24, 2.45) is 0 Å². The summed E-state index contributed by atoms with van der Waals surface area (Å²) in [4.78, 5) is 36.1. The van der Waals surface area contributed by atoms with Gasteiger partial charge in [0.05, 0.1) is 12.4 Å². The molecule has 0 bridgehead atoms. The lowest BCUT2D eigenvalue weighted by Crippen LogP contribution is -2.48. The number of amides is 2. The summed E-state index contributed by atoms with van der Waals surface area (Å²) in [7, 11) is 0. The molecular formula is C18H21N5O2. The van der Waals surface area contributed by atoms with Gasteiger partial charge >= 0.3 is 0 Å². The summed E-state index contributed by atoms with van der Waals surface area (Å²) in [5.41, 5.74) is 2.08. The van der Waals surface area contributed by atoms with Gasteiger partial charge in [0.1, 0.15) is 11.5 Å². The molecule has 25 heavy (non-hydrogen) atoms. The standard InChI is InChI=1S/C18H21N5O2/c1-13-4-3-5-15(10-13)21-18(25)16-11-20-17(12-19-16)23-8-6-22(7-9-23)14(2)24/h3-5,10-12H,6-9H2,1-2H3,(H,21,25). The first-order valence-corrected chi connectivity index (χ1v) is 8.23. The third-order valence-corrected chi connectivity index (χ3v) is 4.20. The fraction of sp³-hybridized carbons (Fsp3) is 0.333. The SMILES string of the molecule is CC(=O)N1CCN(c2cnc(C(=O)Nc3cccc(C)c3)cn2)CC1. The first-order valence-electron chi connectivity index (χ1n) is 8.23. The molecule has 7 nitrogen and oxygen atoms in total. The highest BCUT2D eigenvalue weighted by atomic mass is 16.2. The van der Waals surface area contributed by atoms with E-state index < -0.39 is 0 Å². The maximum Gasteiger partial charge on any atom is 0.275 e. The van der Waals surface area contributed by atoms with Crippen LogP contribution in [0.4, 0.5) is 11.5 Å². The van der Waals surface area contributed by atoms with Gasteiger partial charge in [-0.1, -0.05) is 12.1 Å². The number of piperazine rings is 1. The lowest BCUT2D eigenvalue weighted by Gasteiger charge is -2.34. The first-order chi connectivity index (χ1) is 12.0. The van der Waals surface area contributed by atoms with Gasteiger partial charge < -0.3 is 15.1 Å². The summed E-state index contributed by atoms with van der Waals surface area (Å²) in [6, 6.07) is 7.59. The Morgan fingerprint density at radius 3 is 2.44 bits per heavy atom. The maximum absolute atomic E-state index is 12.3. The van der Waals surface area contributed by atoms with Crippen molar-refractivity contribution in [2.45, 2.75) is 13.8 Å². The smallest absolute Gasteiger partial charge is 0.275 e. The summed E-state index contributed by atoms with van der Waals surface area (Å²) in [5.74, 6) is 0.523. The molecule has 1 aliphatic heterocycles. The number of carbonyl (C=O) groups is 2. The molecule has 2 heterocycles. The van der Waals surface area contributed by atoms with E-state index in [9.17, 15) is 9.59 Å². The van der Waals surface area contributed by atoms with E-state index in [1.54, 1.807) is 13.1 Å². The molecule has 7 heteroatoms. The van der Waals surface area contributed by atoms with Crippen LogP contribution in [0.3, 0.4) is 0 Å². The summed E-state index contributed by atoms with van der Waals surface area (Å²) in [6.45, 7) is 6.32. The Kier molecular flexibility index (Phi) is 4.92. The van der Waals surface area contributed by atoms with Crippen molar-refractivity contribution in [3.63, 3.8) is 0 Å². The minimum absolute atomic E-state index is 0.0916. The second-order valence-corrected chi connectivity index (χ2v) is 6.08. The molecule has 0 atom stereocenters. The molecular weight excluding hydrogens is 318 g/mol. The summed E-state index contributed by atoms with van der Waals surface area (Å²) in [5, 5.41) is 2.82. The molecule has 1 aromatic carbocycles. The van der Waals surface area contributed by atoms with Crippen molar-refractivity contribution < 1.29 is 9.59 Å². The van der Waals surface area contributed by atoms with Crippen molar-refractivity contribution in [3.8, 4) is 0 Å². The molecule has 1 saturated heterocycles. The average molecular weight is 339 g/mol. The van der Waals surface area contributed by atoms with E-state index in [-0.39, 0.29) is 17.5 Å². The van der Waals surface area contributed by atoms with Gasteiger partial charge in [-0.3, -0.25) is 9.59 Å². The Balaban J connectivity index is 1.62. The van der Waals surface area contributed by atoms with Gasteiger partial charge in [-0.2, -0.15) is 0 Å². The quantitative estimate of drug-likeness (QED) is 0.921. The number of hydrogen-bond donors (Lipinski definition) is 1. The van der Waals surface area contributed by atoms with E-state index in [0.717, 1.165) is 17.1 Å². The van der Waals surface area contributed by atoms with E-state index in [1.807, 2.05) is 36.1 Å². The van der Waals surface area contributed by atoms with Crippen LogP contribution in [0.5, 0.6) is 0 Å². The molecule has 2 amide bonds. The minimum Gasteiger partial charge on any atom is -0.352 e. The molecule has 0 spiro atoms. The molecule has 1 aliphatic rings. The molecule has 2 aromatic rings. The summed E-state index contributed by atoms with van der Waals surface area (Å²) in [6.07, 6.45) is 3.09. The Hall–Kier alpha value is -2.96. The number of aromatic nitrogens is 2. The number of hydrogen-bond acceptors (Lipinski definition) is 5. The van der Waals surface area contributed by atoms with Crippen LogP contribution in [-0.2, 0) is 4.79 Å². The van der Waals surface area contributed by atoms with Crippen molar-refractivity contribution >= 4 is 23.3 Å². The number of aryl methyl sites for hydroxylation is 1. The van der Waals surface area contributed by atoms with Gasteiger partial charge in [0.15, 0.2) is 0 Å². The van der Waals surface area contributed by atoms with E-state index in [1.165, 1.54) is 6.20 Å². The summed E-state index contributed by atoms with van der Waals surface area (Å²) >= 11 is 0. The van der Waals surface area contributed by atoms with Crippen LogP contribution < -0.4 is 10.2 Å². The zero-order valence-electron chi connectivity index (χ0n) is 14.4. The summed E-state index contributed by atoms with van der Waals surface area (Å²) < 4.78 is 0. The van der Waals surface area contributed by atoms with E-state index in [0.29, 0.717) is 26.2 Å². The molecule has 0 saturated carbocycles. The largest absolute Gasteiger partial charge is 0.352 e. The van der Waals surface area contributed by atoms with Crippen LogP contribution in [-0.4, -0.2) is 52.9 Å². The van der Waals surface area contributed by atoms with Crippen LogP contribution in [0.2, 0.25) is 0 Å². The number of benzene rings is 1. The van der Waals surface area contributed by atoms with Gasteiger partial charge in [-0.15, -0.1) is 0 Å². The van der Waals surface area contributed by atoms with E-state index in [4.69, 9.17) is 0 Å². The van der Waals surface area contributed by atoms with Crippen LogP contribution in [0.15, 0.2) is 36.7 Å². The predicted octanol–water partition coefficient (Wildman–Crippen LogP) is 1.71. The topological polar surface area (TPSA) is 78.4 Å². The van der Waals surface area contributed by atoms with E-state index in [2.05, 4.69) is 20.2 Å². The number of nitrogens with zero attached hydrogens (tertiary/aromatic N) is 4. The van der Waals surface area contributed by atoms with Crippen molar-refractivity contribution in [1.29, 1.82) is 0 Å². The Morgan fingerprint density at radius 1 is 1.08 bits per heavy atom. The molecule has 0 unspecified atom stereocenters. The number of anilines is 2. The first kappa shape index (κ1) is 16.9. The lowest BCUT2D eigenvalue weighted by atomic mass is 10.2. The molecule has 0 aliphatic carbocycles. The fourth-order valence-electron chi connectivity index (χ4n) is 2.77. The van der Waals surface area contributed by atoms with Gasteiger partial charge in [0, 0.05) is 38.8 Å². The molecule has 1 fully saturated rings. The lowest BCUT2D eigenvalue weighted by molar-refractivity contribution is -0.129. The second kappa shape index (κ2) is 7.29. The number of nitrogens with one attached hydrogen (secondary N) is 1. The van der Waals surface area contributed by atoms with Crippen molar-refractivity contribution in [3.05, 3.63) is 47.9 Å². The fourth-order valence-corrected chi connectivity index (χ4v) is 2.77. The number of carbonyl (C=O) groups excluding carboxylic acids is 2. The van der Waals surface area contributed by atoms with Crippen molar-refractivity contribution in [1.82, 2.24) is 14.9 Å². The Bertz CT molecular complexity index is 767. The van der Waals surface area contributed by atoms with Gasteiger partial charge in [-0.05, 0) is 24.6 Å². The molecule has 1 N–H and O–H groups in total. The highest BCUT2D eigenvalue weighted by Crippen LogP contribution is 2.14. The van der Waals surface area contributed by atoms with Gasteiger partial charge in [0.2, 0.25) is 5.91 Å². The Labute approximate surface area is 146 Å². The zero-order chi connectivity index (χ0) is 17.8. The Morgan fingerprint density at radius 2 is 1.84 bits per heavy atom. The van der Waals surface area contributed by atoms with Gasteiger partial charge in [-0.25, -0.2) is 9.97 Å². The maximum atomic E-state index is 12.3. The van der Waals surface area contributed by atoms with Crippen LogP contribution in [0.25, 0.3) is 0 Å². The minimum atomic E-state index is -0.286. The molecule has 1 aromatic heterocycles. The highest BCUT2D eigenvalue weighted by molar-refractivity contribution is 6.02. The van der Waals surface area contributed by atoms with Crippen LogP contribution >= 0.6 is 0 Å². The monoisotopic (exact) mass is 339 g/mol.